The van der Waals surface area contributed by atoms with Gasteiger partial charge in [-0.25, -0.2) is 0 Å². The molecule has 0 unspecified atom stereocenters. The number of methoxy groups -OCH3 is 1. The summed E-state index contributed by atoms with van der Waals surface area (Å²) in [5, 5.41) is 2.28. The molecule has 1 saturated heterocycles. The number of fused-ring (bicyclic) bond motifs is 1. The van der Waals surface area contributed by atoms with E-state index in [9.17, 15) is 4.79 Å². The highest BCUT2D eigenvalue weighted by atomic mass is 16.7. The van der Waals surface area contributed by atoms with Gasteiger partial charge in [-0.05, 0) is 34.9 Å². The van der Waals surface area contributed by atoms with Crippen LogP contribution in [0.25, 0.3) is 10.8 Å². The lowest BCUT2D eigenvalue weighted by Gasteiger charge is -2.36. The maximum atomic E-state index is 12.0. The van der Waals surface area contributed by atoms with Gasteiger partial charge < -0.3 is 19.9 Å². The first-order valence-electron chi connectivity index (χ1n) is 8.97. The zero-order valence-electron chi connectivity index (χ0n) is 15.3. The molecular weight excluding hydrogens is 332 g/mol. The van der Waals surface area contributed by atoms with E-state index in [1.807, 2.05) is 25.1 Å². The summed E-state index contributed by atoms with van der Waals surface area (Å²) in [6.07, 6.45) is 0.168. The van der Waals surface area contributed by atoms with Gasteiger partial charge in [0.2, 0.25) is 12.3 Å². The molecule has 0 bridgehead atoms. The van der Waals surface area contributed by atoms with Crippen molar-refractivity contribution in [2.24, 2.45) is 5.73 Å². The van der Waals surface area contributed by atoms with E-state index in [2.05, 4.69) is 18.2 Å². The molecule has 0 atom stereocenters. The highest BCUT2D eigenvalue weighted by Crippen LogP contribution is 2.31. The molecule has 2 N–H and O–H groups in total. The third kappa shape index (κ3) is 3.82. The molecule has 0 aliphatic carbocycles. The van der Waals surface area contributed by atoms with E-state index < -0.39 is 6.41 Å². The standard InChI is InChI=1S/C20H26N2O4/c1-3-9-22(19(23)11-21)20-25-12-15(13-26-20)17-6-4-5-14-10-16(24-2)7-8-18(14)17/h4-8,10,15,20H,3,9,11-13,21H2,1-2H3. The Morgan fingerprint density at radius 3 is 2.69 bits per heavy atom. The number of nitrogens with zero attached hydrogens (tertiary/aromatic N) is 1. The predicted octanol–water partition coefficient (Wildman–Crippen LogP) is 2.46. The maximum Gasteiger partial charge on any atom is 0.242 e. The number of carbonyl (C=O) groups is 1. The van der Waals surface area contributed by atoms with Crippen molar-refractivity contribution in [3.8, 4) is 5.75 Å². The Balaban J connectivity index is 1.75. The maximum absolute atomic E-state index is 12.0. The summed E-state index contributed by atoms with van der Waals surface area (Å²) in [6, 6.07) is 12.2. The monoisotopic (exact) mass is 358 g/mol. The Labute approximate surface area is 153 Å². The first-order valence-corrected chi connectivity index (χ1v) is 8.97. The van der Waals surface area contributed by atoms with Crippen molar-refractivity contribution in [2.45, 2.75) is 25.7 Å². The predicted molar refractivity (Wildman–Crippen MR) is 100.0 cm³/mol. The van der Waals surface area contributed by atoms with Crippen molar-refractivity contribution in [1.82, 2.24) is 4.90 Å². The van der Waals surface area contributed by atoms with Gasteiger partial charge >= 0.3 is 0 Å². The molecule has 1 amide bonds. The summed E-state index contributed by atoms with van der Waals surface area (Å²) >= 11 is 0. The average Bonchev–Trinajstić information content (AvgIpc) is 2.70. The lowest BCUT2D eigenvalue weighted by Crippen LogP contribution is -2.49. The molecular formula is C20H26N2O4. The third-order valence-corrected chi connectivity index (χ3v) is 4.66. The summed E-state index contributed by atoms with van der Waals surface area (Å²) in [4.78, 5) is 13.6. The van der Waals surface area contributed by atoms with Crippen molar-refractivity contribution in [1.29, 1.82) is 0 Å². The number of ether oxygens (including phenoxy) is 3. The zero-order chi connectivity index (χ0) is 18.5. The van der Waals surface area contributed by atoms with Gasteiger partial charge in [-0.2, -0.15) is 0 Å². The zero-order valence-corrected chi connectivity index (χ0v) is 15.3. The number of hydrogen-bond donors (Lipinski definition) is 1. The van der Waals surface area contributed by atoms with Gasteiger partial charge in [-0.3, -0.25) is 9.69 Å². The van der Waals surface area contributed by atoms with Crippen LogP contribution >= 0.6 is 0 Å². The minimum absolute atomic E-state index is 0.0438. The van der Waals surface area contributed by atoms with Crippen molar-refractivity contribution in [3.63, 3.8) is 0 Å². The van der Waals surface area contributed by atoms with Gasteiger partial charge in [0.05, 0.1) is 26.9 Å². The van der Waals surface area contributed by atoms with Crippen molar-refractivity contribution in [3.05, 3.63) is 42.0 Å². The van der Waals surface area contributed by atoms with Crippen LogP contribution in [0.3, 0.4) is 0 Å². The molecule has 0 radical (unpaired) electrons. The molecule has 0 saturated carbocycles. The average molecular weight is 358 g/mol. The summed E-state index contributed by atoms with van der Waals surface area (Å²) in [5.41, 5.74) is 6.68. The van der Waals surface area contributed by atoms with E-state index in [-0.39, 0.29) is 18.4 Å². The van der Waals surface area contributed by atoms with E-state index in [0.29, 0.717) is 19.8 Å². The molecule has 2 aromatic carbocycles. The van der Waals surface area contributed by atoms with Crippen molar-refractivity contribution in [2.75, 3.05) is 33.4 Å². The highest BCUT2D eigenvalue weighted by Gasteiger charge is 2.30. The van der Waals surface area contributed by atoms with Crippen molar-refractivity contribution >= 4 is 16.7 Å². The van der Waals surface area contributed by atoms with Crippen LogP contribution in [0.5, 0.6) is 5.75 Å². The van der Waals surface area contributed by atoms with E-state index in [0.717, 1.165) is 22.9 Å². The van der Waals surface area contributed by atoms with Crippen LogP contribution in [-0.4, -0.2) is 50.6 Å². The van der Waals surface area contributed by atoms with Gasteiger partial charge in [0.1, 0.15) is 5.75 Å². The Morgan fingerprint density at radius 1 is 1.27 bits per heavy atom. The fourth-order valence-electron chi connectivity index (χ4n) is 3.33. The fraction of sp³-hybridized carbons (Fsp3) is 0.450. The minimum Gasteiger partial charge on any atom is -0.497 e. The molecule has 3 rings (SSSR count). The van der Waals surface area contributed by atoms with Crippen LogP contribution in [0.15, 0.2) is 36.4 Å². The molecule has 0 spiro atoms. The highest BCUT2D eigenvalue weighted by molar-refractivity contribution is 5.87. The molecule has 6 heteroatoms. The first kappa shape index (κ1) is 18.6. The van der Waals surface area contributed by atoms with Gasteiger partial charge in [-0.1, -0.05) is 31.2 Å². The number of nitrogens with two attached hydrogens (primary N) is 1. The molecule has 1 heterocycles. The number of rotatable bonds is 6. The Hall–Kier alpha value is -2.15. The van der Waals surface area contributed by atoms with Crippen LogP contribution in [0.1, 0.15) is 24.8 Å². The summed E-state index contributed by atoms with van der Waals surface area (Å²) in [6.45, 7) is 3.52. The molecule has 1 fully saturated rings. The van der Waals surface area contributed by atoms with Crippen LogP contribution in [0.4, 0.5) is 0 Å². The topological polar surface area (TPSA) is 74.0 Å². The lowest BCUT2D eigenvalue weighted by atomic mass is 9.94. The van der Waals surface area contributed by atoms with Crippen LogP contribution in [0, 0.1) is 0 Å². The largest absolute Gasteiger partial charge is 0.497 e. The Kier molecular flexibility index (Phi) is 6.08. The summed E-state index contributed by atoms with van der Waals surface area (Å²) < 4.78 is 17.1. The van der Waals surface area contributed by atoms with Crippen LogP contribution in [0.2, 0.25) is 0 Å². The SMILES string of the molecule is CCCN(C(=O)CN)C1OCC(c2cccc3cc(OC)ccc23)CO1. The summed E-state index contributed by atoms with van der Waals surface area (Å²) in [5.74, 6) is 0.786. The third-order valence-electron chi connectivity index (χ3n) is 4.66. The van der Waals surface area contributed by atoms with Gasteiger partial charge in [0, 0.05) is 12.5 Å². The molecule has 1 aliphatic rings. The van der Waals surface area contributed by atoms with E-state index in [1.165, 1.54) is 5.56 Å². The fourth-order valence-corrected chi connectivity index (χ4v) is 3.33. The number of amides is 1. The molecule has 1 aliphatic heterocycles. The van der Waals surface area contributed by atoms with E-state index in [4.69, 9.17) is 19.9 Å². The van der Waals surface area contributed by atoms with E-state index in [1.54, 1.807) is 12.0 Å². The normalized spacial score (nSPS) is 20.1. The van der Waals surface area contributed by atoms with E-state index >= 15 is 0 Å². The van der Waals surface area contributed by atoms with Gasteiger partial charge in [0.25, 0.3) is 0 Å². The molecule has 140 valence electrons. The first-order chi connectivity index (χ1) is 12.7. The smallest absolute Gasteiger partial charge is 0.242 e. The number of carbonyl (C=O) groups excluding carboxylic acids is 1. The summed E-state index contributed by atoms with van der Waals surface area (Å²) in [7, 11) is 1.67. The second-order valence-corrected chi connectivity index (χ2v) is 6.40. The lowest BCUT2D eigenvalue weighted by molar-refractivity contribution is -0.252. The molecule has 6 nitrogen and oxygen atoms in total. The molecule has 26 heavy (non-hydrogen) atoms. The minimum atomic E-state index is -0.655. The quantitative estimate of drug-likeness (QED) is 0.859. The number of benzene rings is 2. The Morgan fingerprint density at radius 2 is 2.04 bits per heavy atom. The van der Waals surface area contributed by atoms with Gasteiger partial charge in [0.15, 0.2) is 0 Å². The van der Waals surface area contributed by atoms with Crippen molar-refractivity contribution < 1.29 is 19.0 Å². The Bertz CT molecular complexity index is 757. The second-order valence-electron chi connectivity index (χ2n) is 6.40. The molecule has 0 aromatic heterocycles. The number of hydrogen-bond acceptors (Lipinski definition) is 5. The van der Waals surface area contributed by atoms with Gasteiger partial charge in [-0.15, -0.1) is 0 Å². The second kappa shape index (κ2) is 8.49. The van der Waals surface area contributed by atoms with Crippen LogP contribution in [-0.2, 0) is 14.3 Å². The van der Waals surface area contributed by atoms with Crippen LogP contribution < -0.4 is 10.5 Å². The molecule has 2 aromatic rings.